The molecule has 2 aromatic rings. The molecule has 84 valence electrons. The summed E-state index contributed by atoms with van der Waals surface area (Å²) >= 11 is 0. The van der Waals surface area contributed by atoms with Crippen molar-refractivity contribution in [2.75, 3.05) is 7.05 Å². The summed E-state index contributed by atoms with van der Waals surface area (Å²) < 4.78 is 39.4. The number of nitrogens with one attached hydrogen (secondary N) is 2. The third kappa shape index (κ3) is 1.42. The topological polar surface area (TPSA) is 44.9 Å². The normalized spacial score (nSPS) is 10.8. The standard InChI is InChI=1S/C10H7F3N2O/c1-14-10(16)7-2-4-5(11)3-6(12)8(13)9(4)15-7/h2-3,15H,1H3,(H,14,16). The maximum absolute atomic E-state index is 13.3. The van der Waals surface area contributed by atoms with Gasteiger partial charge in [-0.2, -0.15) is 0 Å². The third-order valence-electron chi connectivity index (χ3n) is 2.23. The van der Waals surface area contributed by atoms with Gasteiger partial charge in [-0.15, -0.1) is 0 Å². The fourth-order valence-corrected chi connectivity index (χ4v) is 1.44. The largest absolute Gasteiger partial charge is 0.354 e. The maximum atomic E-state index is 13.3. The van der Waals surface area contributed by atoms with Gasteiger partial charge >= 0.3 is 0 Å². The Morgan fingerprint density at radius 3 is 2.56 bits per heavy atom. The van der Waals surface area contributed by atoms with E-state index >= 15 is 0 Å². The number of amides is 1. The van der Waals surface area contributed by atoms with E-state index < -0.39 is 23.4 Å². The summed E-state index contributed by atoms with van der Waals surface area (Å²) in [5.74, 6) is -3.95. The molecule has 16 heavy (non-hydrogen) atoms. The molecule has 0 saturated carbocycles. The van der Waals surface area contributed by atoms with Crippen molar-refractivity contribution in [1.82, 2.24) is 10.3 Å². The first-order valence-corrected chi connectivity index (χ1v) is 4.43. The van der Waals surface area contributed by atoms with Crippen LogP contribution >= 0.6 is 0 Å². The number of carbonyl (C=O) groups excluding carboxylic acids is 1. The Morgan fingerprint density at radius 1 is 1.25 bits per heavy atom. The highest BCUT2D eigenvalue weighted by atomic mass is 19.2. The zero-order valence-electron chi connectivity index (χ0n) is 8.20. The molecule has 1 aromatic carbocycles. The summed E-state index contributed by atoms with van der Waals surface area (Å²) in [6, 6.07) is 1.57. The van der Waals surface area contributed by atoms with Crippen molar-refractivity contribution < 1.29 is 18.0 Å². The fraction of sp³-hybridized carbons (Fsp3) is 0.100. The zero-order valence-corrected chi connectivity index (χ0v) is 8.20. The minimum Gasteiger partial charge on any atom is -0.354 e. The average Bonchev–Trinajstić information content (AvgIpc) is 2.70. The van der Waals surface area contributed by atoms with Gasteiger partial charge in [-0.1, -0.05) is 0 Å². The van der Waals surface area contributed by atoms with E-state index in [9.17, 15) is 18.0 Å². The number of aromatic amines is 1. The van der Waals surface area contributed by atoms with E-state index in [-0.39, 0.29) is 16.6 Å². The number of aromatic nitrogens is 1. The molecular weight excluding hydrogens is 221 g/mol. The van der Waals surface area contributed by atoms with Gasteiger partial charge < -0.3 is 10.3 Å². The SMILES string of the molecule is CNC(=O)c1cc2c(F)cc(F)c(F)c2[nH]1. The molecule has 1 amide bonds. The number of hydrogen-bond acceptors (Lipinski definition) is 1. The molecule has 0 spiro atoms. The average molecular weight is 228 g/mol. The van der Waals surface area contributed by atoms with Gasteiger partial charge in [-0.05, 0) is 6.07 Å². The van der Waals surface area contributed by atoms with Gasteiger partial charge in [-0.3, -0.25) is 4.79 Å². The molecule has 1 heterocycles. The van der Waals surface area contributed by atoms with Gasteiger partial charge in [-0.25, -0.2) is 13.2 Å². The molecule has 0 aliphatic heterocycles. The summed E-state index contributed by atoms with van der Waals surface area (Å²) in [6.45, 7) is 0. The summed E-state index contributed by atoms with van der Waals surface area (Å²) in [5, 5.41) is 2.13. The summed E-state index contributed by atoms with van der Waals surface area (Å²) in [7, 11) is 1.38. The van der Waals surface area contributed by atoms with Crippen LogP contribution in [0.15, 0.2) is 12.1 Å². The summed E-state index contributed by atoms with van der Waals surface area (Å²) in [4.78, 5) is 13.5. The highest BCUT2D eigenvalue weighted by Gasteiger charge is 2.17. The number of carbonyl (C=O) groups is 1. The van der Waals surface area contributed by atoms with Crippen molar-refractivity contribution in [2.45, 2.75) is 0 Å². The highest BCUT2D eigenvalue weighted by molar-refractivity contribution is 5.98. The van der Waals surface area contributed by atoms with Gasteiger partial charge in [0, 0.05) is 18.5 Å². The van der Waals surface area contributed by atoms with Crippen molar-refractivity contribution in [1.29, 1.82) is 0 Å². The van der Waals surface area contributed by atoms with Crippen LogP contribution in [0.5, 0.6) is 0 Å². The molecule has 3 nitrogen and oxygen atoms in total. The molecular formula is C10H7F3N2O. The lowest BCUT2D eigenvalue weighted by Crippen LogP contribution is -2.17. The van der Waals surface area contributed by atoms with Crippen LogP contribution in [0, 0.1) is 17.5 Å². The van der Waals surface area contributed by atoms with Crippen LogP contribution in [-0.2, 0) is 0 Å². The highest BCUT2D eigenvalue weighted by Crippen LogP contribution is 2.24. The second-order valence-electron chi connectivity index (χ2n) is 3.21. The number of hydrogen-bond donors (Lipinski definition) is 2. The minimum atomic E-state index is -1.30. The molecule has 1 aromatic heterocycles. The van der Waals surface area contributed by atoms with Gasteiger partial charge in [0.05, 0.1) is 5.52 Å². The first-order valence-electron chi connectivity index (χ1n) is 4.43. The Hall–Kier alpha value is -1.98. The number of benzene rings is 1. The van der Waals surface area contributed by atoms with Crippen LogP contribution in [0.1, 0.15) is 10.5 Å². The number of fused-ring (bicyclic) bond motifs is 1. The Balaban J connectivity index is 2.74. The fourth-order valence-electron chi connectivity index (χ4n) is 1.44. The lowest BCUT2D eigenvalue weighted by atomic mass is 10.2. The molecule has 0 aliphatic rings. The van der Waals surface area contributed by atoms with Crippen molar-refractivity contribution >= 4 is 16.8 Å². The number of rotatable bonds is 1. The van der Waals surface area contributed by atoms with Crippen LogP contribution in [-0.4, -0.2) is 17.9 Å². The Kier molecular flexibility index (Phi) is 2.34. The first-order chi connectivity index (χ1) is 7.54. The molecule has 0 fully saturated rings. The molecule has 0 bridgehead atoms. The monoisotopic (exact) mass is 228 g/mol. The van der Waals surface area contributed by atoms with E-state index in [0.717, 1.165) is 6.07 Å². The molecule has 2 rings (SSSR count). The van der Waals surface area contributed by atoms with Gasteiger partial charge in [0.15, 0.2) is 11.6 Å². The van der Waals surface area contributed by atoms with Crippen molar-refractivity contribution in [3.63, 3.8) is 0 Å². The van der Waals surface area contributed by atoms with Crippen LogP contribution in [0.25, 0.3) is 10.9 Å². The lowest BCUT2D eigenvalue weighted by molar-refractivity contribution is 0.0959. The maximum Gasteiger partial charge on any atom is 0.267 e. The first kappa shape index (κ1) is 10.5. The van der Waals surface area contributed by atoms with Crippen molar-refractivity contribution in [2.24, 2.45) is 0 Å². The van der Waals surface area contributed by atoms with E-state index in [4.69, 9.17) is 0 Å². The summed E-state index contributed by atoms with van der Waals surface area (Å²) in [5.41, 5.74) is -0.378. The second-order valence-corrected chi connectivity index (χ2v) is 3.21. The smallest absolute Gasteiger partial charge is 0.267 e. The predicted molar refractivity (Wildman–Crippen MR) is 51.6 cm³/mol. The predicted octanol–water partition coefficient (Wildman–Crippen LogP) is 1.94. The molecule has 0 atom stereocenters. The Labute approximate surface area is 88.3 Å². The number of H-pyrrole nitrogens is 1. The van der Waals surface area contributed by atoms with Gasteiger partial charge in [0.25, 0.3) is 5.91 Å². The zero-order chi connectivity index (χ0) is 11.9. The molecule has 0 radical (unpaired) electrons. The van der Waals surface area contributed by atoms with E-state index in [1.54, 1.807) is 0 Å². The Bertz CT molecular complexity index is 577. The third-order valence-corrected chi connectivity index (χ3v) is 2.23. The Morgan fingerprint density at radius 2 is 1.94 bits per heavy atom. The van der Waals surface area contributed by atoms with Crippen LogP contribution < -0.4 is 5.32 Å². The van der Waals surface area contributed by atoms with E-state index in [1.165, 1.54) is 7.05 Å². The lowest BCUT2D eigenvalue weighted by Gasteiger charge is -1.96. The van der Waals surface area contributed by atoms with Gasteiger partial charge in [0.2, 0.25) is 0 Å². The minimum absolute atomic E-state index is 0.0269. The molecule has 0 unspecified atom stereocenters. The molecule has 0 saturated heterocycles. The molecule has 6 heteroatoms. The van der Waals surface area contributed by atoms with E-state index in [1.807, 2.05) is 0 Å². The van der Waals surface area contributed by atoms with E-state index in [2.05, 4.69) is 10.3 Å². The van der Waals surface area contributed by atoms with Crippen molar-refractivity contribution in [3.8, 4) is 0 Å². The second kappa shape index (κ2) is 3.55. The quantitative estimate of drug-likeness (QED) is 0.720. The van der Waals surface area contributed by atoms with Crippen LogP contribution in [0.2, 0.25) is 0 Å². The van der Waals surface area contributed by atoms with Crippen LogP contribution in [0.3, 0.4) is 0 Å². The van der Waals surface area contributed by atoms with Crippen molar-refractivity contribution in [3.05, 3.63) is 35.3 Å². The van der Waals surface area contributed by atoms with Crippen LogP contribution in [0.4, 0.5) is 13.2 Å². The van der Waals surface area contributed by atoms with Gasteiger partial charge in [0.1, 0.15) is 11.5 Å². The number of halogens is 3. The molecule has 2 N–H and O–H groups in total. The molecule has 0 aliphatic carbocycles. The summed E-state index contributed by atoms with van der Waals surface area (Å²) in [6.07, 6.45) is 0. The van der Waals surface area contributed by atoms with E-state index in [0.29, 0.717) is 6.07 Å².